The zero-order valence-corrected chi connectivity index (χ0v) is 15.2. The zero-order valence-electron chi connectivity index (χ0n) is 12.1. The number of ether oxygens (including phenoxy) is 1. The number of carboxylic acid groups (broad SMARTS) is 1. The van der Waals surface area contributed by atoms with Gasteiger partial charge in [-0.15, -0.1) is 0 Å². The molecule has 0 aliphatic carbocycles. The summed E-state index contributed by atoms with van der Waals surface area (Å²) >= 11 is 15.2. The van der Waals surface area contributed by atoms with Gasteiger partial charge < -0.3 is 9.84 Å². The first kappa shape index (κ1) is 18.3. The van der Waals surface area contributed by atoms with Gasteiger partial charge in [-0.25, -0.2) is 4.79 Å². The molecule has 24 heavy (non-hydrogen) atoms. The Balaban J connectivity index is 2.46. The fraction of sp³-hybridized carbons (Fsp3) is 0.0588. The van der Waals surface area contributed by atoms with E-state index in [4.69, 9.17) is 33.0 Å². The van der Waals surface area contributed by atoms with Crippen LogP contribution in [0.4, 0.5) is 0 Å². The highest BCUT2D eigenvalue weighted by molar-refractivity contribution is 9.10. The Kier molecular flexibility index (Phi) is 6.27. The molecule has 0 aliphatic rings. The average molecular weight is 427 g/mol. The van der Waals surface area contributed by atoms with Gasteiger partial charge in [0.2, 0.25) is 0 Å². The van der Waals surface area contributed by atoms with Crippen molar-refractivity contribution in [2.24, 2.45) is 0 Å². The Morgan fingerprint density at radius 2 is 2.00 bits per heavy atom. The fourth-order valence-electron chi connectivity index (χ4n) is 1.90. The van der Waals surface area contributed by atoms with Crippen molar-refractivity contribution in [3.05, 3.63) is 62.0 Å². The lowest BCUT2D eigenvalue weighted by Crippen LogP contribution is -2.10. The third kappa shape index (κ3) is 4.75. The predicted octanol–water partition coefficient (Wildman–Crippen LogP) is 5.28. The van der Waals surface area contributed by atoms with E-state index in [9.17, 15) is 10.1 Å². The molecule has 122 valence electrons. The van der Waals surface area contributed by atoms with Crippen LogP contribution >= 0.6 is 39.1 Å². The van der Waals surface area contributed by atoms with Crippen molar-refractivity contribution in [1.82, 2.24) is 0 Å². The number of allylic oxidation sites excluding steroid dienone is 1. The van der Waals surface area contributed by atoms with E-state index >= 15 is 0 Å². The topological polar surface area (TPSA) is 70.3 Å². The van der Waals surface area contributed by atoms with Crippen LogP contribution in [0, 0.1) is 11.3 Å². The number of carboxylic acids is 1. The van der Waals surface area contributed by atoms with E-state index in [2.05, 4.69) is 22.0 Å². The fourth-order valence-corrected chi connectivity index (χ4v) is 2.58. The smallest absolute Gasteiger partial charge is 0.341 e. The number of carbonyl (C=O) groups is 1. The van der Waals surface area contributed by atoms with E-state index in [-0.39, 0.29) is 0 Å². The van der Waals surface area contributed by atoms with Gasteiger partial charge >= 0.3 is 5.97 Å². The molecule has 0 bridgehead atoms. The number of halogens is 3. The Labute approximate surface area is 157 Å². The molecule has 0 radical (unpaired) electrons. The number of benzene rings is 2. The van der Waals surface area contributed by atoms with Crippen molar-refractivity contribution in [2.45, 2.75) is 0 Å². The van der Waals surface area contributed by atoms with Crippen LogP contribution in [0.5, 0.6) is 5.75 Å². The maximum atomic E-state index is 10.7. The predicted molar refractivity (Wildman–Crippen MR) is 97.2 cm³/mol. The second-order valence-corrected chi connectivity index (χ2v) is 6.39. The second kappa shape index (κ2) is 8.20. The molecule has 0 heterocycles. The summed E-state index contributed by atoms with van der Waals surface area (Å²) < 4.78 is 6.02. The molecule has 7 heteroatoms. The molecule has 0 unspecified atom stereocenters. The third-order valence-corrected chi connectivity index (χ3v) is 4.21. The Morgan fingerprint density at radius 3 is 2.62 bits per heavy atom. The number of nitriles is 1. The Hall–Kier alpha value is -2.00. The van der Waals surface area contributed by atoms with Crippen molar-refractivity contribution in [3.63, 3.8) is 0 Å². The van der Waals surface area contributed by atoms with E-state index in [1.54, 1.807) is 42.5 Å². The van der Waals surface area contributed by atoms with Crippen LogP contribution in [0.15, 0.2) is 40.9 Å². The minimum atomic E-state index is -1.09. The van der Waals surface area contributed by atoms with Crippen molar-refractivity contribution < 1.29 is 14.6 Å². The molecular formula is C17H10BrCl2NO3. The quantitative estimate of drug-likeness (QED) is 0.521. The summed E-state index contributed by atoms with van der Waals surface area (Å²) in [6.07, 6.45) is 1.60. The van der Waals surface area contributed by atoms with Crippen LogP contribution in [0.3, 0.4) is 0 Å². The molecule has 0 amide bonds. The van der Waals surface area contributed by atoms with E-state index in [0.717, 1.165) is 4.47 Å². The van der Waals surface area contributed by atoms with Gasteiger partial charge in [-0.05, 0) is 42.0 Å². The van der Waals surface area contributed by atoms with Gasteiger partial charge in [0.1, 0.15) is 5.75 Å². The van der Waals surface area contributed by atoms with Gasteiger partial charge in [-0.2, -0.15) is 5.26 Å². The number of hydrogen-bond acceptors (Lipinski definition) is 3. The molecule has 0 spiro atoms. The largest absolute Gasteiger partial charge is 0.481 e. The highest BCUT2D eigenvalue weighted by atomic mass is 79.9. The first-order valence-electron chi connectivity index (χ1n) is 6.62. The molecule has 2 rings (SSSR count). The molecule has 0 fully saturated rings. The third-order valence-electron chi connectivity index (χ3n) is 2.97. The van der Waals surface area contributed by atoms with Crippen molar-refractivity contribution >= 4 is 56.8 Å². The summed E-state index contributed by atoms with van der Waals surface area (Å²) in [6, 6.07) is 12.1. The van der Waals surface area contributed by atoms with Crippen LogP contribution < -0.4 is 4.74 Å². The minimum Gasteiger partial charge on any atom is -0.481 e. The molecule has 2 aromatic rings. The summed E-state index contributed by atoms with van der Waals surface area (Å²) in [5.41, 5.74) is 1.50. The van der Waals surface area contributed by atoms with Gasteiger partial charge in [0.25, 0.3) is 0 Å². The Bertz CT molecular complexity index is 859. The number of nitrogens with zero attached hydrogens (tertiary/aromatic N) is 1. The summed E-state index contributed by atoms with van der Waals surface area (Å²) in [7, 11) is 0. The Morgan fingerprint density at radius 1 is 1.25 bits per heavy atom. The lowest BCUT2D eigenvalue weighted by molar-refractivity contribution is -0.139. The molecule has 4 nitrogen and oxygen atoms in total. The maximum Gasteiger partial charge on any atom is 0.341 e. The summed E-state index contributed by atoms with van der Waals surface area (Å²) in [6.45, 7) is -0.475. The van der Waals surface area contributed by atoms with E-state index in [1.807, 2.05) is 0 Å². The van der Waals surface area contributed by atoms with Crippen molar-refractivity contribution in [1.29, 1.82) is 5.26 Å². The molecule has 1 N–H and O–H groups in total. The van der Waals surface area contributed by atoms with Crippen molar-refractivity contribution in [3.8, 4) is 11.8 Å². The summed E-state index contributed by atoms with van der Waals surface area (Å²) in [5.74, 6) is -0.730. The van der Waals surface area contributed by atoms with Crippen LogP contribution in [0.25, 0.3) is 11.6 Å². The van der Waals surface area contributed by atoms with Gasteiger partial charge in [0.05, 0.1) is 21.7 Å². The molecule has 0 atom stereocenters. The van der Waals surface area contributed by atoms with Crippen molar-refractivity contribution in [2.75, 3.05) is 6.61 Å². The standard InChI is InChI=1S/C17H10BrCl2NO3/c18-13-2-4-16(24-9-17(22)23)11(6-13)5-12(8-21)10-1-3-14(19)15(20)7-10/h1-7H,9H2,(H,22,23)/b12-5-. The molecular weight excluding hydrogens is 417 g/mol. The molecule has 0 saturated heterocycles. The van der Waals surface area contributed by atoms with Gasteiger partial charge in [0.15, 0.2) is 6.61 Å². The minimum absolute atomic E-state index is 0.340. The maximum absolute atomic E-state index is 10.7. The second-order valence-electron chi connectivity index (χ2n) is 4.66. The van der Waals surface area contributed by atoms with E-state index in [0.29, 0.717) is 32.5 Å². The van der Waals surface area contributed by atoms with Crippen LogP contribution in [-0.2, 0) is 4.79 Å². The van der Waals surface area contributed by atoms with E-state index in [1.165, 1.54) is 0 Å². The first-order valence-corrected chi connectivity index (χ1v) is 8.17. The SMILES string of the molecule is N#C/C(=C/c1cc(Br)ccc1OCC(=O)O)c1ccc(Cl)c(Cl)c1. The van der Waals surface area contributed by atoms with Gasteiger partial charge in [-0.3, -0.25) is 0 Å². The number of rotatable bonds is 5. The summed E-state index contributed by atoms with van der Waals surface area (Å²) in [4.78, 5) is 10.7. The molecule has 0 saturated carbocycles. The molecule has 0 aliphatic heterocycles. The molecule has 2 aromatic carbocycles. The molecule has 0 aromatic heterocycles. The number of hydrogen-bond donors (Lipinski definition) is 1. The lowest BCUT2D eigenvalue weighted by Gasteiger charge is -2.09. The number of aliphatic carboxylic acids is 1. The van der Waals surface area contributed by atoms with Crippen LogP contribution in [0.1, 0.15) is 11.1 Å². The van der Waals surface area contributed by atoms with Crippen LogP contribution in [0.2, 0.25) is 10.0 Å². The monoisotopic (exact) mass is 425 g/mol. The average Bonchev–Trinajstić information content (AvgIpc) is 2.54. The zero-order chi connectivity index (χ0) is 17.7. The van der Waals surface area contributed by atoms with E-state index < -0.39 is 12.6 Å². The van der Waals surface area contributed by atoms with Crippen LogP contribution in [-0.4, -0.2) is 17.7 Å². The first-order chi connectivity index (χ1) is 11.4. The normalized spacial score (nSPS) is 11.0. The lowest BCUT2D eigenvalue weighted by atomic mass is 10.0. The highest BCUT2D eigenvalue weighted by Gasteiger charge is 2.09. The highest BCUT2D eigenvalue weighted by Crippen LogP contribution is 2.30. The summed E-state index contributed by atoms with van der Waals surface area (Å²) in [5, 5.41) is 18.9. The van der Waals surface area contributed by atoms with Gasteiger partial charge in [0, 0.05) is 10.0 Å². The van der Waals surface area contributed by atoms with Gasteiger partial charge in [-0.1, -0.05) is 45.2 Å².